The van der Waals surface area contributed by atoms with Gasteiger partial charge < -0.3 is 15.2 Å². The number of pyridine rings is 1. The normalized spacial score (nSPS) is 10.4. The number of carbonyl (C=O) groups is 2. The van der Waals surface area contributed by atoms with Gasteiger partial charge in [0.15, 0.2) is 0 Å². The number of amides is 2. The third kappa shape index (κ3) is 3.77. The van der Waals surface area contributed by atoms with E-state index in [4.69, 9.17) is 4.52 Å². The molecule has 0 atom stereocenters. The van der Waals surface area contributed by atoms with Gasteiger partial charge in [0, 0.05) is 29.3 Å². The molecule has 26 heavy (non-hydrogen) atoms. The number of nitrogens with zero attached hydrogens (tertiary/aromatic N) is 2. The van der Waals surface area contributed by atoms with Gasteiger partial charge in [-0.2, -0.15) is 0 Å². The van der Waals surface area contributed by atoms with Gasteiger partial charge in [-0.3, -0.25) is 14.6 Å². The van der Waals surface area contributed by atoms with Crippen LogP contribution < -0.4 is 10.6 Å². The first-order valence-corrected chi connectivity index (χ1v) is 8.16. The van der Waals surface area contributed by atoms with E-state index in [9.17, 15) is 9.59 Å². The van der Waals surface area contributed by atoms with Crippen molar-refractivity contribution >= 4 is 23.2 Å². The second kappa shape index (κ2) is 7.60. The molecule has 2 amide bonds. The van der Waals surface area contributed by atoms with E-state index in [2.05, 4.69) is 20.8 Å². The molecule has 0 aliphatic heterocycles. The summed E-state index contributed by atoms with van der Waals surface area (Å²) in [6.45, 7) is 3.61. The van der Waals surface area contributed by atoms with Gasteiger partial charge in [0.1, 0.15) is 11.3 Å². The molecular formula is C19H18N4O3. The molecule has 0 unspecified atom stereocenters. The van der Waals surface area contributed by atoms with Crippen LogP contribution in [0.2, 0.25) is 0 Å². The van der Waals surface area contributed by atoms with Crippen LogP contribution in [-0.4, -0.2) is 22.0 Å². The zero-order valence-electron chi connectivity index (χ0n) is 14.4. The standard InChI is InChI=1S/C19H18N4O3/c1-3-16-17(12(2)26-23-16)19(25)22-15-6-4-5-14(11-15)21-18(24)13-7-9-20-10-8-13/h4-11H,3H2,1-2H3,(H,21,24)(H,22,25). The predicted octanol–water partition coefficient (Wildman–Crippen LogP) is 3.45. The van der Waals surface area contributed by atoms with Crippen LogP contribution >= 0.6 is 0 Å². The van der Waals surface area contributed by atoms with Crippen molar-refractivity contribution in [3.05, 3.63) is 71.4 Å². The number of hydrogen-bond acceptors (Lipinski definition) is 5. The fourth-order valence-corrected chi connectivity index (χ4v) is 2.53. The first kappa shape index (κ1) is 17.3. The van der Waals surface area contributed by atoms with Gasteiger partial charge in [0.25, 0.3) is 11.8 Å². The lowest BCUT2D eigenvalue weighted by Crippen LogP contribution is -2.15. The summed E-state index contributed by atoms with van der Waals surface area (Å²) in [5, 5.41) is 9.49. The Bertz CT molecular complexity index is 935. The van der Waals surface area contributed by atoms with Crippen LogP contribution in [0, 0.1) is 6.92 Å². The minimum Gasteiger partial charge on any atom is -0.361 e. The molecule has 0 fully saturated rings. The Balaban J connectivity index is 1.74. The summed E-state index contributed by atoms with van der Waals surface area (Å²) in [6.07, 6.45) is 3.71. The van der Waals surface area contributed by atoms with Gasteiger partial charge in [-0.1, -0.05) is 18.1 Å². The molecule has 2 heterocycles. The van der Waals surface area contributed by atoms with Crippen LogP contribution in [0.4, 0.5) is 11.4 Å². The summed E-state index contributed by atoms with van der Waals surface area (Å²) in [5.74, 6) is -0.0706. The quantitative estimate of drug-likeness (QED) is 0.734. The molecule has 132 valence electrons. The number of aryl methyl sites for hydroxylation is 2. The smallest absolute Gasteiger partial charge is 0.261 e. The lowest BCUT2D eigenvalue weighted by Gasteiger charge is -2.09. The Labute approximate surface area is 150 Å². The van der Waals surface area contributed by atoms with Crippen molar-refractivity contribution in [3.8, 4) is 0 Å². The number of aromatic nitrogens is 2. The Morgan fingerprint density at radius 1 is 1.04 bits per heavy atom. The molecule has 3 rings (SSSR count). The molecule has 3 aromatic rings. The zero-order valence-corrected chi connectivity index (χ0v) is 14.4. The monoisotopic (exact) mass is 350 g/mol. The predicted molar refractivity (Wildman–Crippen MR) is 97.2 cm³/mol. The fraction of sp³-hybridized carbons (Fsp3) is 0.158. The minimum absolute atomic E-state index is 0.251. The topological polar surface area (TPSA) is 97.1 Å². The lowest BCUT2D eigenvalue weighted by molar-refractivity contribution is 0.101. The van der Waals surface area contributed by atoms with Crippen LogP contribution in [0.15, 0.2) is 53.3 Å². The average molecular weight is 350 g/mol. The fourth-order valence-electron chi connectivity index (χ4n) is 2.53. The summed E-state index contributed by atoms with van der Waals surface area (Å²) >= 11 is 0. The van der Waals surface area contributed by atoms with Gasteiger partial charge >= 0.3 is 0 Å². The number of rotatable bonds is 5. The van der Waals surface area contributed by atoms with Crippen molar-refractivity contribution in [3.63, 3.8) is 0 Å². The molecule has 0 spiro atoms. The van der Waals surface area contributed by atoms with Crippen LogP contribution in [0.3, 0.4) is 0 Å². The van der Waals surface area contributed by atoms with Crippen molar-refractivity contribution in [2.24, 2.45) is 0 Å². The summed E-state index contributed by atoms with van der Waals surface area (Å²) in [5.41, 5.74) is 2.69. The molecule has 1 aromatic carbocycles. The second-order valence-corrected chi connectivity index (χ2v) is 5.64. The van der Waals surface area contributed by atoms with E-state index in [0.29, 0.717) is 40.4 Å². The van der Waals surface area contributed by atoms with E-state index in [0.717, 1.165) is 0 Å². The van der Waals surface area contributed by atoms with Crippen molar-refractivity contribution in [1.82, 2.24) is 10.1 Å². The Kier molecular flexibility index (Phi) is 5.07. The maximum Gasteiger partial charge on any atom is 0.261 e. The first-order chi connectivity index (χ1) is 12.6. The highest BCUT2D eigenvalue weighted by atomic mass is 16.5. The molecule has 7 nitrogen and oxygen atoms in total. The molecule has 0 radical (unpaired) electrons. The third-order valence-corrected chi connectivity index (χ3v) is 3.82. The molecule has 2 aromatic heterocycles. The van der Waals surface area contributed by atoms with Crippen LogP contribution in [0.25, 0.3) is 0 Å². The summed E-state index contributed by atoms with van der Waals surface area (Å²) < 4.78 is 5.10. The van der Waals surface area contributed by atoms with Gasteiger partial charge in [-0.15, -0.1) is 0 Å². The van der Waals surface area contributed by atoms with E-state index in [1.54, 1.807) is 55.7 Å². The summed E-state index contributed by atoms with van der Waals surface area (Å²) in [6, 6.07) is 10.2. The Morgan fingerprint density at radius 2 is 1.69 bits per heavy atom. The minimum atomic E-state index is -0.293. The van der Waals surface area contributed by atoms with Crippen molar-refractivity contribution < 1.29 is 14.1 Å². The number of anilines is 2. The van der Waals surface area contributed by atoms with Crippen LogP contribution in [-0.2, 0) is 6.42 Å². The van der Waals surface area contributed by atoms with Gasteiger partial charge in [-0.25, -0.2) is 0 Å². The van der Waals surface area contributed by atoms with Crippen LogP contribution in [0.1, 0.15) is 39.1 Å². The van der Waals surface area contributed by atoms with Crippen molar-refractivity contribution in [1.29, 1.82) is 0 Å². The number of benzene rings is 1. The number of carbonyl (C=O) groups excluding carboxylic acids is 2. The Morgan fingerprint density at radius 3 is 2.35 bits per heavy atom. The number of nitrogens with one attached hydrogen (secondary N) is 2. The van der Waals surface area contributed by atoms with Crippen molar-refractivity contribution in [2.45, 2.75) is 20.3 Å². The Hall–Kier alpha value is -3.48. The molecular weight excluding hydrogens is 332 g/mol. The summed E-state index contributed by atoms with van der Waals surface area (Å²) in [7, 11) is 0. The number of hydrogen-bond donors (Lipinski definition) is 2. The van der Waals surface area contributed by atoms with E-state index in [1.807, 2.05) is 6.92 Å². The average Bonchev–Trinajstić information content (AvgIpc) is 3.03. The largest absolute Gasteiger partial charge is 0.361 e. The molecule has 2 N–H and O–H groups in total. The van der Waals surface area contributed by atoms with E-state index in [-0.39, 0.29) is 11.8 Å². The molecule has 0 aliphatic rings. The van der Waals surface area contributed by atoms with E-state index >= 15 is 0 Å². The van der Waals surface area contributed by atoms with E-state index < -0.39 is 0 Å². The SMILES string of the molecule is CCc1noc(C)c1C(=O)Nc1cccc(NC(=O)c2ccncc2)c1. The highest BCUT2D eigenvalue weighted by molar-refractivity contribution is 6.07. The second-order valence-electron chi connectivity index (χ2n) is 5.64. The highest BCUT2D eigenvalue weighted by Crippen LogP contribution is 2.19. The van der Waals surface area contributed by atoms with Gasteiger partial charge in [0.05, 0.1) is 5.69 Å². The maximum absolute atomic E-state index is 12.5. The third-order valence-electron chi connectivity index (χ3n) is 3.82. The zero-order chi connectivity index (χ0) is 18.5. The first-order valence-electron chi connectivity index (χ1n) is 8.16. The maximum atomic E-state index is 12.5. The molecule has 0 aliphatic carbocycles. The molecule has 0 saturated carbocycles. The molecule has 0 saturated heterocycles. The van der Waals surface area contributed by atoms with Gasteiger partial charge in [0.2, 0.25) is 0 Å². The summed E-state index contributed by atoms with van der Waals surface area (Å²) in [4.78, 5) is 28.6. The van der Waals surface area contributed by atoms with Crippen molar-refractivity contribution in [2.75, 3.05) is 10.6 Å². The van der Waals surface area contributed by atoms with E-state index in [1.165, 1.54) is 0 Å². The molecule has 7 heteroatoms. The van der Waals surface area contributed by atoms with Gasteiger partial charge in [-0.05, 0) is 43.7 Å². The van der Waals surface area contributed by atoms with Crippen LogP contribution in [0.5, 0.6) is 0 Å². The molecule has 0 bridgehead atoms. The highest BCUT2D eigenvalue weighted by Gasteiger charge is 2.19. The lowest BCUT2D eigenvalue weighted by atomic mass is 10.1.